The van der Waals surface area contributed by atoms with E-state index in [-0.39, 0.29) is 17.5 Å². The molecule has 1 aromatic carbocycles. The molecule has 1 saturated carbocycles. The number of rotatable bonds is 5. The topological polar surface area (TPSA) is 55.2 Å². The Balaban J connectivity index is 1.40. The van der Waals surface area contributed by atoms with Gasteiger partial charge in [-0.2, -0.15) is 5.10 Å². The van der Waals surface area contributed by atoms with E-state index in [4.69, 9.17) is 5.10 Å². The van der Waals surface area contributed by atoms with Crippen LogP contribution in [0.1, 0.15) is 63.0 Å². The Morgan fingerprint density at radius 1 is 1.07 bits per heavy atom. The van der Waals surface area contributed by atoms with E-state index in [1.807, 2.05) is 42.2 Å². The smallest absolute Gasteiger partial charge is 0.267 e. The normalized spacial score (nSPS) is 18.3. The van der Waals surface area contributed by atoms with Crippen LogP contribution in [0.3, 0.4) is 0 Å². The molecule has 4 rings (SSSR count). The molecule has 0 radical (unpaired) electrons. The van der Waals surface area contributed by atoms with Gasteiger partial charge in [-0.25, -0.2) is 4.68 Å². The Morgan fingerprint density at radius 3 is 2.45 bits per heavy atom. The zero-order valence-corrected chi connectivity index (χ0v) is 17.3. The zero-order valence-electron chi connectivity index (χ0n) is 17.3. The summed E-state index contributed by atoms with van der Waals surface area (Å²) in [5.74, 6) is 1.03. The number of piperidine rings is 1. The summed E-state index contributed by atoms with van der Waals surface area (Å²) in [6, 6.07) is 11.8. The third kappa shape index (κ3) is 4.60. The van der Waals surface area contributed by atoms with Crippen LogP contribution in [-0.4, -0.2) is 33.7 Å². The molecule has 0 N–H and O–H groups in total. The van der Waals surface area contributed by atoms with E-state index in [1.165, 1.54) is 25.7 Å². The molecule has 154 valence electrons. The average molecular weight is 394 g/mol. The van der Waals surface area contributed by atoms with Crippen LogP contribution in [0.2, 0.25) is 0 Å². The van der Waals surface area contributed by atoms with E-state index in [9.17, 15) is 9.59 Å². The third-order valence-corrected chi connectivity index (χ3v) is 6.60. The van der Waals surface area contributed by atoms with Crippen LogP contribution in [-0.2, 0) is 4.79 Å². The predicted molar refractivity (Wildman–Crippen MR) is 115 cm³/mol. The van der Waals surface area contributed by atoms with Gasteiger partial charge in [0.2, 0.25) is 5.91 Å². The third-order valence-electron chi connectivity index (χ3n) is 6.60. The van der Waals surface area contributed by atoms with Gasteiger partial charge in [0.1, 0.15) is 0 Å². The maximum absolute atomic E-state index is 12.6. The van der Waals surface area contributed by atoms with Crippen molar-refractivity contribution in [2.24, 2.45) is 5.92 Å². The number of aromatic nitrogens is 2. The number of nitrogens with zero attached hydrogens (tertiary/aromatic N) is 3. The first-order chi connectivity index (χ1) is 14.1. The lowest BCUT2D eigenvalue weighted by molar-refractivity contribution is -0.132. The minimum atomic E-state index is -0.0480. The highest BCUT2D eigenvalue weighted by atomic mass is 16.2. The van der Waals surface area contributed by atoms with Crippen molar-refractivity contribution in [1.29, 1.82) is 0 Å². The molecule has 0 atom stereocenters. The first kappa shape index (κ1) is 19.9. The van der Waals surface area contributed by atoms with E-state index in [0.29, 0.717) is 6.42 Å². The first-order valence-electron chi connectivity index (χ1n) is 11.1. The average Bonchev–Trinajstić information content (AvgIpc) is 3.27. The SMILES string of the molecule is Cc1cc(=O)n(C2CCN(C(=O)CCC3CCCC3)CC2)nc1-c1ccccc1. The van der Waals surface area contributed by atoms with E-state index in [2.05, 4.69) is 0 Å². The quantitative estimate of drug-likeness (QED) is 0.759. The molecule has 1 aliphatic carbocycles. The molecule has 0 unspecified atom stereocenters. The van der Waals surface area contributed by atoms with Gasteiger partial charge < -0.3 is 4.90 Å². The van der Waals surface area contributed by atoms with Gasteiger partial charge in [0, 0.05) is 31.1 Å². The largest absolute Gasteiger partial charge is 0.343 e. The second kappa shape index (κ2) is 8.93. The Kier molecular flexibility index (Phi) is 6.12. The molecule has 0 spiro atoms. The number of carbonyl (C=O) groups is 1. The summed E-state index contributed by atoms with van der Waals surface area (Å²) in [6.45, 7) is 3.38. The summed E-state index contributed by atoms with van der Waals surface area (Å²) >= 11 is 0. The summed E-state index contributed by atoms with van der Waals surface area (Å²) in [7, 11) is 0. The summed E-state index contributed by atoms with van der Waals surface area (Å²) in [5.41, 5.74) is 2.74. The van der Waals surface area contributed by atoms with Gasteiger partial charge >= 0.3 is 0 Å². The number of hydrogen-bond acceptors (Lipinski definition) is 3. The minimum absolute atomic E-state index is 0.0480. The standard InChI is InChI=1S/C24H31N3O2/c1-18-17-23(29)27(25-24(18)20-9-3-2-4-10-20)21-13-15-26(16-14-21)22(28)12-11-19-7-5-6-8-19/h2-4,9-10,17,19,21H,5-8,11-16H2,1H3. The van der Waals surface area contributed by atoms with Crippen LogP contribution in [0.5, 0.6) is 0 Å². The number of likely N-dealkylation sites (tertiary alicyclic amines) is 1. The molecular weight excluding hydrogens is 362 g/mol. The Bertz CT molecular complexity index is 892. The maximum Gasteiger partial charge on any atom is 0.267 e. The van der Waals surface area contributed by atoms with Crippen molar-refractivity contribution in [3.8, 4) is 11.3 Å². The van der Waals surface area contributed by atoms with Crippen molar-refractivity contribution in [3.63, 3.8) is 0 Å². The second-order valence-corrected chi connectivity index (χ2v) is 8.63. The summed E-state index contributed by atoms with van der Waals surface area (Å²) in [6.07, 6.45) is 8.54. The highest BCUT2D eigenvalue weighted by molar-refractivity contribution is 5.76. The lowest BCUT2D eigenvalue weighted by Crippen LogP contribution is -2.41. The molecule has 2 aromatic rings. The first-order valence-corrected chi connectivity index (χ1v) is 11.1. The molecular formula is C24H31N3O2. The van der Waals surface area contributed by atoms with Crippen molar-refractivity contribution < 1.29 is 4.79 Å². The summed E-state index contributed by atoms with van der Waals surface area (Å²) < 4.78 is 1.65. The maximum atomic E-state index is 12.6. The molecule has 1 aromatic heterocycles. The van der Waals surface area contributed by atoms with Crippen LogP contribution in [0, 0.1) is 12.8 Å². The van der Waals surface area contributed by atoms with Gasteiger partial charge in [0.15, 0.2) is 0 Å². The molecule has 2 heterocycles. The van der Waals surface area contributed by atoms with Gasteiger partial charge in [-0.15, -0.1) is 0 Å². The number of benzene rings is 1. The molecule has 2 fully saturated rings. The molecule has 1 amide bonds. The summed E-state index contributed by atoms with van der Waals surface area (Å²) in [5, 5.41) is 4.72. The molecule has 0 bridgehead atoms. The molecule has 2 aliphatic rings. The van der Waals surface area contributed by atoms with E-state index in [1.54, 1.807) is 10.7 Å². The Hall–Kier alpha value is -2.43. The van der Waals surface area contributed by atoms with Crippen LogP contribution in [0.4, 0.5) is 0 Å². The van der Waals surface area contributed by atoms with Gasteiger partial charge in [0.25, 0.3) is 5.56 Å². The fourth-order valence-electron chi connectivity index (χ4n) is 4.84. The zero-order chi connectivity index (χ0) is 20.2. The van der Waals surface area contributed by atoms with E-state index in [0.717, 1.165) is 55.1 Å². The number of amides is 1. The monoisotopic (exact) mass is 393 g/mol. The fraction of sp³-hybridized carbons (Fsp3) is 0.542. The highest BCUT2D eigenvalue weighted by Crippen LogP contribution is 2.29. The lowest BCUT2D eigenvalue weighted by Gasteiger charge is -2.32. The number of carbonyl (C=O) groups excluding carboxylic acids is 1. The van der Waals surface area contributed by atoms with Crippen LogP contribution in [0.15, 0.2) is 41.2 Å². The van der Waals surface area contributed by atoms with Crippen molar-refractivity contribution in [1.82, 2.24) is 14.7 Å². The molecule has 1 saturated heterocycles. The highest BCUT2D eigenvalue weighted by Gasteiger charge is 2.26. The molecule has 29 heavy (non-hydrogen) atoms. The fourth-order valence-corrected chi connectivity index (χ4v) is 4.84. The molecule has 5 nitrogen and oxygen atoms in total. The van der Waals surface area contributed by atoms with Gasteiger partial charge in [-0.3, -0.25) is 9.59 Å². The van der Waals surface area contributed by atoms with Gasteiger partial charge in [-0.1, -0.05) is 56.0 Å². The minimum Gasteiger partial charge on any atom is -0.343 e. The van der Waals surface area contributed by atoms with Crippen LogP contribution in [0.25, 0.3) is 11.3 Å². The second-order valence-electron chi connectivity index (χ2n) is 8.63. The molecule has 5 heteroatoms. The van der Waals surface area contributed by atoms with Crippen LogP contribution >= 0.6 is 0 Å². The molecule has 1 aliphatic heterocycles. The van der Waals surface area contributed by atoms with E-state index >= 15 is 0 Å². The van der Waals surface area contributed by atoms with Crippen LogP contribution < -0.4 is 5.56 Å². The Labute approximate surface area is 172 Å². The van der Waals surface area contributed by atoms with Crippen molar-refractivity contribution >= 4 is 5.91 Å². The predicted octanol–water partition coefficient (Wildman–Crippen LogP) is 4.35. The van der Waals surface area contributed by atoms with Crippen molar-refractivity contribution in [3.05, 3.63) is 52.3 Å². The number of aryl methyl sites for hydroxylation is 1. The van der Waals surface area contributed by atoms with Gasteiger partial charge in [0.05, 0.1) is 11.7 Å². The summed E-state index contributed by atoms with van der Waals surface area (Å²) in [4.78, 5) is 27.2. The Morgan fingerprint density at radius 2 is 1.76 bits per heavy atom. The van der Waals surface area contributed by atoms with Crippen molar-refractivity contribution in [2.75, 3.05) is 13.1 Å². The van der Waals surface area contributed by atoms with E-state index < -0.39 is 0 Å². The van der Waals surface area contributed by atoms with Gasteiger partial charge in [-0.05, 0) is 37.7 Å². The van der Waals surface area contributed by atoms with Crippen molar-refractivity contribution in [2.45, 2.75) is 64.3 Å². The number of hydrogen-bond donors (Lipinski definition) is 0. The lowest BCUT2D eigenvalue weighted by atomic mass is 10.00.